The highest BCUT2D eigenvalue weighted by Gasteiger charge is 2.45. The number of benzene rings is 1. The van der Waals surface area contributed by atoms with Crippen LogP contribution in [0.2, 0.25) is 10.0 Å². The normalized spacial score (nSPS) is 15.6. The van der Waals surface area contributed by atoms with Crippen molar-refractivity contribution in [3.8, 4) is 5.75 Å². The highest BCUT2D eigenvalue weighted by Crippen LogP contribution is 2.44. The lowest BCUT2D eigenvalue weighted by Crippen LogP contribution is -2.42. The van der Waals surface area contributed by atoms with Gasteiger partial charge in [0.1, 0.15) is 5.75 Å². The molecule has 1 saturated carbocycles. The monoisotopic (exact) mass is 359 g/mol. The van der Waals surface area contributed by atoms with Crippen LogP contribution >= 0.6 is 23.2 Å². The second kappa shape index (κ2) is 7.88. The summed E-state index contributed by atoms with van der Waals surface area (Å²) in [6, 6.07) is 4.98. The molecule has 0 saturated heterocycles. The van der Waals surface area contributed by atoms with Gasteiger partial charge in [0.15, 0.2) is 0 Å². The Morgan fingerprint density at radius 3 is 2.61 bits per heavy atom. The molecule has 1 fully saturated rings. The van der Waals surface area contributed by atoms with Gasteiger partial charge in [-0.05, 0) is 37.5 Å². The Hall–Kier alpha value is -1.46. The Morgan fingerprint density at radius 2 is 2.04 bits per heavy atom. The molecule has 0 unspecified atom stereocenters. The van der Waals surface area contributed by atoms with Crippen LogP contribution in [0.5, 0.6) is 5.75 Å². The first kappa shape index (κ1) is 17.9. The summed E-state index contributed by atoms with van der Waals surface area (Å²) in [7, 11) is 0. The minimum Gasteiger partial charge on any atom is -0.492 e. The molecule has 23 heavy (non-hydrogen) atoms. The predicted octanol–water partition coefficient (Wildman–Crippen LogP) is 3.52. The van der Waals surface area contributed by atoms with Crippen LogP contribution < -0.4 is 10.1 Å². The molecular weight excluding hydrogens is 341 g/mol. The molecule has 1 aliphatic rings. The molecule has 1 aromatic carbocycles. The molecule has 5 nitrogen and oxygen atoms in total. The van der Waals surface area contributed by atoms with Crippen molar-refractivity contribution < 1.29 is 19.4 Å². The third-order valence-electron chi connectivity index (χ3n) is 4.06. The van der Waals surface area contributed by atoms with Gasteiger partial charge in [-0.2, -0.15) is 0 Å². The molecule has 0 spiro atoms. The molecule has 0 radical (unpaired) electrons. The SMILES string of the molecule is O=C(CC1(C(=O)O)CCC1)NCCCOc1ccc(Cl)cc1Cl. The van der Waals surface area contributed by atoms with E-state index in [0.29, 0.717) is 48.2 Å². The van der Waals surface area contributed by atoms with Gasteiger partial charge in [0.2, 0.25) is 5.91 Å². The van der Waals surface area contributed by atoms with E-state index in [2.05, 4.69) is 5.32 Å². The summed E-state index contributed by atoms with van der Waals surface area (Å²) in [5, 5.41) is 12.9. The Labute approximate surface area is 144 Å². The first-order valence-corrected chi connectivity index (χ1v) is 8.26. The van der Waals surface area contributed by atoms with Gasteiger partial charge in [0, 0.05) is 18.0 Å². The number of carbonyl (C=O) groups is 2. The van der Waals surface area contributed by atoms with Crippen LogP contribution in [-0.4, -0.2) is 30.1 Å². The minimum atomic E-state index is -0.875. The van der Waals surface area contributed by atoms with Crippen LogP contribution in [0.25, 0.3) is 0 Å². The van der Waals surface area contributed by atoms with Crippen molar-refractivity contribution in [3.05, 3.63) is 28.2 Å². The molecule has 0 bridgehead atoms. The summed E-state index contributed by atoms with van der Waals surface area (Å²) in [4.78, 5) is 23.0. The highest BCUT2D eigenvalue weighted by atomic mass is 35.5. The standard InChI is InChI=1S/C16H19Cl2NO4/c17-11-3-4-13(12(18)9-11)23-8-2-7-19-14(20)10-16(15(21)22)5-1-6-16/h3-4,9H,1-2,5-8,10H2,(H,19,20)(H,21,22). The zero-order chi connectivity index (χ0) is 16.9. The summed E-state index contributed by atoms with van der Waals surface area (Å²) < 4.78 is 5.51. The second-order valence-corrected chi connectivity index (χ2v) is 6.59. The fraction of sp³-hybridized carbons (Fsp3) is 0.500. The smallest absolute Gasteiger partial charge is 0.310 e. The summed E-state index contributed by atoms with van der Waals surface area (Å²) in [6.07, 6.45) is 2.67. The first-order valence-electron chi connectivity index (χ1n) is 7.51. The molecule has 1 aliphatic carbocycles. The van der Waals surface area contributed by atoms with Gasteiger partial charge >= 0.3 is 5.97 Å². The van der Waals surface area contributed by atoms with E-state index in [0.717, 1.165) is 6.42 Å². The fourth-order valence-corrected chi connectivity index (χ4v) is 2.98. The number of hydrogen-bond acceptors (Lipinski definition) is 3. The van der Waals surface area contributed by atoms with Crippen molar-refractivity contribution in [3.63, 3.8) is 0 Å². The van der Waals surface area contributed by atoms with E-state index in [-0.39, 0.29) is 12.3 Å². The number of carboxylic acids is 1. The number of carboxylic acid groups (broad SMARTS) is 1. The fourth-order valence-electron chi connectivity index (χ4n) is 2.51. The predicted molar refractivity (Wildman–Crippen MR) is 88.1 cm³/mol. The minimum absolute atomic E-state index is 0.0478. The third kappa shape index (κ3) is 4.75. The van der Waals surface area contributed by atoms with Crippen molar-refractivity contribution in [2.75, 3.05) is 13.2 Å². The first-order chi connectivity index (χ1) is 10.9. The molecule has 126 valence electrons. The van der Waals surface area contributed by atoms with E-state index < -0.39 is 11.4 Å². The number of rotatable bonds is 8. The van der Waals surface area contributed by atoms with Crippen LogP contribution in [0.15, 0.2) is 18.2 Å². The number of amides is 1. The third-order valence-corrected chi connectivity index (χ3v) is 4.59. The molecule has 0 heterocycles. The summed E-state index contributed by atoms with van der Waals surface area (Å²) in [5.74, 6) is -0.557. The van der Waals surface area contributed by atoms with Crippen molar-refractivity contribution in [2.45, 2.75) is 32.1 Å². The number of aliphatic carboxylic acids is 1. The van der Waals surface area contributed by atoms with Crippen LogP contribution in [0.1, 0.15) is 32.1 Å². The number of nitrogens with one attached hydrogen (secondary N) is 1. The van der Waals surface area contributed by atoms with Crippen molar-refractivity contribution >= 4 is 35.1 Å². The molecule has 0 aliphatic heterocycles. The Bertz CT molecular complexity index is 587. The molecule has 2 N–H and O–H groups in total. The van der Waals surface area contributed by atoms with Gasteiger partial charge in [-0.3, -0.25) is 9.59 Å². The summed E-state index contributed by atoms with van der Waals surface area (Å²) in [6.45, 7) is 0.825. The quantitative estimate of drug-likeness (QED) is 0.696. The Morgan fingerprint density at radius 1 is 1.30 bits per heavy atom. The van der Waals surface area contributed by atoms with Gasteiger partial charge in [0.05, 0.1) is 17.0 Å². The number of ether oxygens (including phenoxy) is 1. The van der Waals surface area contributed by atoms with E-state index in [1.54, 1.807) is 18.2 Å². The summed E-state index contributed by atoms with van der Waals surface area (Å²) in [5.41, 5.74) is -0.850. The van der Waals surface area contributed by atoms with E-state index in [1.165, 1.54) is 0 Å². The maximum Gasteiger partial charge on any atom is 0.310 e. The van der Waals surface area contributed by atoms with Crippen molar-refractivity contribution in [2.24, 2.45) is 5.41 Å². The van der Waals surface area contributed by atoms with E-state index in [9.17, 15) is 14.7 Å². The molecule has 7 heteroatoms. The zero-order valence-electron chi connectivity index (χ0n) is 12.6. The number of hydrogen-bond donors (Lipinski definition) is 2. The van der Waals surface area contributed by atoms with Gasteiger partial charge in [0.25, 0.3) is 0 Å². The lowest BCUT2D eigenvalue weighted by molar-refractivity contribution is -0.157. The molecular formula is C16H19Cl2NO4. The maximum absolute atomic E-state index is 11.8. The highest BCUT2D eigenvalue weighted by molar-refractivity contribution is 6.35. The molecule has 0 atom stereocenters. The lowest BCUT2D eigenvalue weighted by Gasteiger charge is -2.36. The van der Waals surface area contributed by atoms with Crippen molar-refractivity contribution in [1.82, 2.24) is 5.32 Å². The van der Waals surface area contributed by atoms with Crippen molar-refractivity contribution in [1.29, 1.82) is 0 Å². The van der Waals surface area contributed by atoms with Crippen LogP contribution in [-0.2, 0) is 9.59 Å². The molecule has 0 aromatic heterocycles. The van der Waals surface area contributed by atoms with Crippen LogP contribution in [0.3, 0.4) is 0 Å². The van der Waals surface area contributed by atoms with E-state index in [4.69, 9.17) is 27.9 Å². The van der Waals surface area contributed by atoms with Gasteiger partial charge in [-0.1, -0.05) is 29.6 Å². The molecule has 1 aromatic rings. The van der Waals surface area contributed by atoms with Crippen LogP contribution in [0.4, 0.5) is 0 Å². The largest absolute Gasteiger partial charge is 0.492 e. The van der Waals surface area contributed by atoms with E-state index in [1.807, 2.05) is 0 Å². The van der Waals surface area contributed by atoms with Gasteiger partial charge in [-0.25, -0.2) is 0 Å². The topological polar surface area (TPSA) is 75.6 Å². The van der Waals surface area contributed by atoms with Gasteiger partial charge in [-0.15, -0.1) is 0 Å². The van der Waals surface area contributed by atoms with Gasteiger partial charge < -0.3 is 15.2 Å². The Kier molecular flexibility index (Phi) is 6.13. The number of halogens is 2. The van der Waals surface area contributed by atoms with Crippen LogP contribution in [0, 0.1) is 5.41 Å². The number of carbonyl (C=O) groups excluding carboxylic acids is 1. The second-order valence-electron chi connectivity index (χ2n) is 5.74. The van der Waals surface area contributed by atoms with E-state index >= 15 is 0 Å². The molecule has 1 amide bonds. The average molecular weight is 360 g/mol. The lowest BCUT2D eigenvalue weighted by atomic mass is 9.66. The maximum atomic E-state index is 11.8. The zero-order valence-corrected chi connectivity index (χ0v) is 14.1. The average Bonchev–Trinajstić information content (AvgIpc) is 2.44. The molecule has 2 rings (SSSR count). The summed E-state index contributed by atoms with van der Waals surface area (Å²) >= 11 is 11.8. The Balaban J connectivity index is 1.65.